The molecule has 1 aromatic carbocycles. The first-order chi connectivity index (χ1) is 22.9. The Morgan fingerprint density at radius 2 is 2.00 bits per heavy atom. The van der Waals surface area contributed by atoms with E-state index in [1.54, 1.807) is 38.1 Å². The SMILES string of the molecule is COc1cc2cc(c1Cl)N(C)C(=O)C[C@H](OC(=O)[C@H](N)N(C)C(=O)CCS)[C@]1(N)O[C@H]1[C@H](C)[C@@H]1C[C@@](O)(NC(=O)O1)[C@H](C)/C=C/C=C(\C)C2. The molecule has 3 aliphatic rings. The molecule has 0 aromatic heterocycles. The van der Waals surface area contributed by atoms with E-state index in [2.05, 4.69) is 17.9 Å². The molecule has 270 valence electrons. The van der Waals surface area contributed by atoms with Gasteiger partial charge in [0.05, 0.1) is 19.2 Å². The van der Waals surface area contributed by atoms with Gasteiger partial charge in [0.2, 0.25) is 11.8 Å². The fraction of sp³-hybridized carbons (Fsp3) is 0.576. The van der Waals surface area contributed by atoms with Gasteiger partial charge < -0.3 is 39.6 Å². The third-order valence-electron chi connectivity index (χ3n) is 9.42. The summed E-state index contributed by atoms with van der Waals surface area (Å²) < 4.78 is 22.8. The van der Waals surface area contributed by atoms with E-state index in [-0.39, 0.29) is 23.6 Å². The quantitative estimate of drug-likeness (QED) is 0.125. The molecule has 3 aliphatic heterocycles. The van der Waals surface area contributed by atoms with Crippen molar-refractivity contribution < 1.29 is 43.2 Å². The van der Waals surface area contributed by atoms with Crippen molar-refractivity contribution in [1.82, 2.24) is 10.2 Å². The van der Waals surface area contributed by atoms with Crippen LogP contribution in [0, 0.1) is 11.8 Å². The molecule has 1 aromatic rings. The predicted molar refractivity (Wildman–Crippen MR) is 185 cm³/mol. The monoisotopic (exact) mass is 723 g/mol. The lowest BCUT2D eigenvalue weighted by atomic mass is 9.83. The van der Waals surface area contributed by atoms with Crippen LogP contribution in [0.2, 0.25) is 5.02 Å². The van der Waals surface area contributed by atoms with Gasteiger partial charge in [0.1, 0.15) is 28.7 Å². The number of hydrogen-bond donors (Lipinski definition) is 5. The Morgan fingerprint density at radius 3 is 2.65 bits per heavy atom. The van der Waals surface area contributed by atoms with Crippen LogP contribution >= 0.6 is 24.2 Å². The Bertz CT molecular complexity index is 1530. The number of carbonyl (C=O) groups excluding carboxylic acids is 4. The molecule has 4 bridgehead atoms. The van der Waals surface area contributed by atoms with Crippen LogP contribution in [0.4, 0.5) is 10.5 Å². The number of allylic oxidation sites excluding steroid dienone is 3. The smallest absolute Gasteiger partial charge is 0.409 e. The van der Waals surface area contributed by atoms with Gasteiger partial charge >= 0.3 is 12.1 Å². The Balaban J connectivity index is 1.76. The van der Waals surface area contributed by atoms with Crippen LogP contribution < -0.4 is 26.4 Å². The minimum Gasteiger partial charge on any atom is -0.495 e. The second-order valence-corrected chi connectivity index (χ2v) is 13.8. The number of amides is 3. The lowest BCUT2D eigenvalue weighted by Gasteiger charge is -2.41. The summed E-state index contributed by atoms with van der Waals surface area (Å²) in [7, 11) is 4.33. The fourth-order valence-corrected chi connectivity index (χ4v) is 6.58. The topological polar surface area (TPSA) is 199 Å². The molecule has 3 amide bonds. The van der Waals surface area contributed by atoms with Crippen LogP contribution in [0.3, 0.4) is 0 Å². The molecule has 2 saturated heterocycles. The number of hydrogen-bond acceptors (Lipinski definition) is 12. The van der Waals surface area contributed by atoms with Crippen molar-refractivity contribution in [2.45, 2.75) is 82.4 Å². The van der Waals surface area contributed by atoms with Gasteiger partial charge in [-0.25, -0.2) is 9.59 Å². The number of rotatable bonds is 6. The molecule has 8 atom stereocenters. The van der Waals surface area contributed by atoms with Crippen molar-refractivity contribution in [3.05, 3.63) is 46.5 Å². The largest absolute Gasteiger partial charge is 0.495 e. The molecule has 4 rings (SSSR count). The van der Waals surface area contributed by atoms with Gasteiger partial charge in [-0.2, -0.15) is 12.6 Å². The van der Waals surface area contributed by atoms with Crippen LogP contribution in [0.1, 0.15) is 45.6 Å². The molecule has 0 radical (unpaired) electrons. The number of carbonyl (C=O) groups is 4. The molecular formula is C33H46ClN5O9S. The Hall–Kier alpha value is -3.34. The van der Waals surface area contributed by atoms with Gasteiger partial charge in [-0.05, 0) is 36.8 Å². The maximum absolute atomic E-state index is 13.9. The van der Waals surface area contributed by atoms with E-state index in [1.807, 2.05) is 13.0 Å². The van der Waals surface area contributed by atoms with E-state index in [9.17, 15) is 24.3 Å². The zero-order valence-electron chi connectivity index (χ0n) is 28.5. The standard InChI is InChI=1S/C33H46ClN5O9S/c1-17-8-7-9-18(2)32(44)16-23(46-31(43)37-32)19(3)28-33(36,48-28)24(47-30(42)29(35)39(5)25(40)10-11-49)15-26(41)38(4)21-13-20(12-17)14-22(45-6)27(21)34/h7-9,13-14,18-19,23-24,28-29,44,49H,10-12,15-16,35-36H2,1-6H3,(H,37,43)/b9-7+,17-8+/t18-,19-,23+,24+,28+,29-,32+,33+/m1/s1. The van der Waals surface area contributed by atoms with Crippen molar-refractivity contribution in [2.24, 2.45) is 23.3 Å². The molecule has 14 nitrogen and oxygen atoms in total. The molecule has 2 fully saturated rings. The normalized spacial score (nSPS) is 32.8. The molecule has 3 heterocycles. The van der Waals surface area contributed by atoms with Crippen molar-refractivity contribution in [2.75, 3.05) is 31.9 Å². The highest BCUT2D eigenvalue weighted by Crippen LogP contribution is 2.46. The van der Waals surface area contributed by atoms with Crippen LogP contribution in [0.5, 0.6) is 5.75 Å². The Labute approximate surface area is 296 Å². The number of alkyl carbamates (subject to hydrolysis) is 1. The second-order valence-electron chi connectivity index (χ2n) is 12.9. The van der Waals surface area contributed by atoms with E-state index in [1.165, 1.54) is 26.1 Å². The van der Waals surface area contributed by atoms with E-state index >= 15 is 0 Å². The summed E-state index contributed by atoms with van der Waals surface area (Å²) in [5, 5.41) is 14.3. The number of anilines is 1. The number of thiol groups is 1. The maximum Gasteiger partial charge on any atom is 0.409 e. The van der Waals surface area contributed by atoms with Crippen LogP contribution in [-0.2, 0) is 35.0 Å². The third kappa shape index (κ3) is 8.35. The number of nitrogens with zero attached hydrogens (tertiary/aromatic N) is 2. The average Bonchev–Trinajstić information content (AvgIpc) is 3.74. The number of nitrogens with one attached hydrogen (secondary N) is 1. The van der Waals surface area contributed by atoms with Crippen LogP contribution in [0.15, 0.2) is 35.9 Å². The summed E-state index contributed by atoms with van der Waals surface area (Å²) in [5.74, 6) is -2.57. The number of methoxy groups -OCH3 is 1. The van der Waals surface area contributed by atoms with E-state index < -0.39 is 78.1 Å². The lowest BCUT2D eigenvalue weighted by Crippen LogP contribution is -2.61. The predicted octanol–water partition coefficient (Wildman–Crippen LogP) is 2.25. The molecule has 0 unspecified atom stereocenters. The number of benzene rings is 1. The zero-order valence-corrected chi connectivity index (χ0v) is 30.1. The van der Waals surface area contributed by atoms with Gasteiger partial charge in [-0.1, -0.05) is 49.2 Å². The fourth-order valence-electron chi connectivity index (χ4n) is 6.07. The number of aliphatic hydroxyl groups is 1. The molecule has 0 aliphatic carbocycles. The van der Waals surface area contributed by atoms with Crippen molar-refractivity contribution >= 4 is 53.8 Å². The zero-order chi connectivity index (χ0) is 36.4. The maximum atomic E-state index is 13.9. The van der Waals surface area contributed by atoms with Crippen LogP contribution in [-0.4, -0.2) is 96.8 Å². The molecule has 16 heteroatoms. The number of ether oxygens (including phenoxy) is 4. The number of likely N-dealkylation sites (N-methyl/N-ethyl adjacent to an activating group) is 1. The van der Waals surface area contributed by atoms with E-state index in [4.69, 9.17) is 42.0 Å². The summed E-state index contributed by atoms with van der Waals surface area (Å²) in [4.78, 5) is 54.7. The first kappa shape index (κ1) is 38.5. The highest BCUT2D eigenvalue weighted by atomic mass is 35.5. The van der Waals surface area contributed by atoms with Gasteiger partial charge in [-0.15, -0.1) is 0 Å². The highest BCUT2D eigenvalue weighted by molar-refractivity contribution is 7.80. The molecule has 0 spiro atoms. The van der Waals surface area contributed by atoms with Gasteiger partial charge in [0, 0.05) is 38.8 Å². The molecule has 49 heavy (non-hydrogen) atoms. The summed E-state index contributed by atoms with van der Waals surface area (Å²) >= 11 is 10.7. The van der Waals surface area contributed by atoms with Crippen molar-refractivity contribution in [3.63, 3.8) is 0 Å². The minimum absolute atomic E-state index is 0.0107. The summed E-state index contributed by atoms with van der Waals surface area (Å²) in [6, 6.07) is 3.53. The van der Waals surface area contributed by atoms with Gasteiger partial charge in [0.25, 0.3) is 0 Å². The molecular weight excluding hydrogens is 678 g/mol. The van der Waals surface area contributed by atoms with Gasteiger partial charge in [0.15, 0.2) is 18.0 Å². The third-order valence-corrected chi connectivity index (χ3v) is 10.0. The summed E-state index contributed by atoms with van der Waals surface area (Å²) in [6.45, 7) is 5.42. The summed E-state index contributed by atoms with van der Waals surface area (Å²) in [5.41, 5.74) is 11.5. The lowest BCUT2D eigenvalue weighted by molar-refractivity contribution is -0.162. The number of fused-ring (bicyclic) bond motifs is 5. The minimum atomic E-state index is -1.73. The highest BCUT2D eigenvalue weighted by Gasteiger charge is 2.65. The first-order valence-corrected chi connectivity index (χ1v) is 16.9. The molecule has 6 N–H and O–H groups in total. The number of epoxide rings is 1. The van der Waals surface area contributed by atoms with Crippen molar-refractivity contribution in [1.29, 1.82) is 0 Å². The Morgan fingerprint density at radius 1 is 1.31 bits per heavy atom. The first-order valence-electron chi connectivity index (χ1n) is 15.9. The number of nitrogens with two attached hydrogens (primary N) is 2. The Kier molecular flexibility index (Phi) is 12.0. The van der Waals surface area contributed by atoms with Crippen molar-refractivity contribution in [3.8, 4) is 5.75 Å². The van der Waals surface area contributed by atoms with E-state index in [0.29, 0.717) is 17.9 Å². The molecule has 0 saturated carbocycles. The van der Waals surface area contributed by atoms with Gasteiger partial charge in [-0.3, -0.25) is 20.6 Å². The van der Waals surface area contributed by atoms with E-state index in [0.717, 1.165) is 16.0 Å². The second kappa shape index (κ2) is 15.3. The summed E-state index contributed by atoms with van der Waals surface area (Å²) in [6.07, 6.45) is 0.00214. The number of esters is 1. The van der Waals surface area contributed by atoms with Crippen LogP contribution in [0.25, 0.3) is 0 Å². The average molecular weight is 724 g/mol. The number of halogens is 1.